The molecule has 1 unspecified atom stereocenters. The Bertz CT molecular complexity index is 649. The van der Waals surface area contributed by atoms with Gasteiger partial charge in [-0.15, -0.1) is 0 Å². The number of ether oxygens (including phenoxy) is 1. The molecule has 0 bridgehead atoms. The van der Waals surface area contributed by atoms with Gasteiger partial charge in [-0.1, -0.05) is 13.8 Å². The molecule has 1 aliphatic rings. The Kier molecular flexibility index (Phi) is 8.16. The predicted octanol–water partition coefficient (Wildman–Crippen LogP) is 4.93. The minimum Gasteiger partial charge on any atom is -0.444 e. The molecule has 0 radical (unpaired) electrons. The molecule has 160 valence electrons. The van der Waals surface area contributed by atoms with Crippen molar-refractivity contribution in [2.45, 2.75) is 59.4 Å². The number of nitrogen functional groups attached to an aromatic ring is 1. The zero-order valence-corrected chi connectivity index (χ0v) is 17.6. The van der Waals surface area contributed by atoms with Gasteiger partial charge in [0.1, 0.15) is 5.60 Å². The topological polar surface area (TPSA) is 58.8 Å². The Morgan fingerprint density at radius 2 is 1.61 bits per heavy atom. The smallest absolute Gasteiger partial charge is 0.416 e. The van der Waals surface area contributed by atoms with Crippen LogP contribution >= 0.6 is 0 Å². The average Bonchev–Trinajstić information content (AvgIpc) is 2.60. The molecular formula is C20H32F3N3O2. The zero-order valence-electron chi connectivity index (χ0n) is 17.6. The quantitative estimate of drug-likeness (QED) is 0.712. The predicted molar refractivity (Wildman–Crippen MR) is 105 cm³/mol. The summed E-state index contributed by atoms with van der Waals surface area (Å²) in [6.07, 6.45) is -4.80. The number of halogens is 3. The molecule has 28 heavy (non-hydrogen) atoms. The second-order valence-electron chi connectivity index (χ2n) is 7.57. The summed E-state index contributed by atoms with van der Waals surface area (Å²) in [5.41, 5.74) is 4.96. The molecule has 2 rings (SSSR count). The molecule has 1 atom stereocenters. The number of carbonyl (C=O) groups excluding carboxylic acids is 1. The van der Waals surface area contributed by atoms with E-state index in [1.54, 1.807) is 31.7 Å². The summed E-state index contributed by atoms with van der Waals surface area (Å²) < 4.78 is 44.4. The van der Waals surface area contributed by atoms with Crippen molar-refractivity contribution in [1.29, 1.82) is 0 Å². The first-order chi connectivity index (χ1) is 12.9. The maximum absolute atomic E-state index is 13.0. The fraction of sp³-hybridized carbons (Fsp3) is 0.650. The van der Waals surface area contributed by atoms with Crippen LogP contribution in [0.25, 0.3) is 0 Å². The van der Waals surface area contributed by atoms with Crippen molar-refractivity contribution in [2.24, 2.45) is 0 Å². The fourth-order valence-corrected chi connectivity index (χ4v) is 2.91. The van der Waals surface area contributed by atoms with E-state index in [1.165, 1.54) is 0 Å². The molecule has 1 saturated heterocycles. The van der Waals surface area contributed by atoms with Crippen LogP contribution in [0.4, 0.5) is 23.7 Å². The molecule has 1 amide bonds. The van der Waals surface area contributed by atoms with Crippen LogP contribution in [0.3, 0.4) is 0 Å². The van der Waals surface area contributed by atoms with Crippen LogP contribution in [0.1, 0.15) is 58.7 Å². The van der Waals surface area contributed by atoms with Crippen molar-refractivity contribution >= 4 is 11.8 Å². The lowest BCUT2D eigenvalue weighted by atomic mass is 10.0. The van der Waals surface area contributed by atoms with Gasteiger partial charge in [0, 0.05) is 37.9 Å². The van der Waals surface area contributed by atoms with Crippen LogP contribution in [-0.4, -0.2) is 47.7 Å². The minimum atomic E-state index is -4.43. The monoisotopic (exact) mass is 403 g/mol. The maximum atomic E-state index is 13.0. The van der Waals surface area contributed by atoms with Crippen LogP contribution in [0, 0.1) is 0 Å². The molecule has 1 fully saturated rings. The molecule has 0 aromatic heterocycles. The summed E-state index contributed by atoms with van der Waals surface area (Å²) in [6.45, 7) is 13.3. The van der Waals surface area contributed by atoms with Crippen LogP contribution < -0.4 is 5.73 Å². The molecule has 2 N–H and O–H groups in total. The van der Waals surface area contributed by atoms with Crippen LogP contribution in [-0.2, 0) is 10.9 Å². The number of alkyl halides is 3. The third kappa shape index (κ3) is 6.89. The normalized spacial score (nSPS) is 16.8. The van der Waals surface area contributed by atoms with E-state index in [9.17, 15) is 18.0 Å². The summed E-state index contributed by atoms with van der Waals surface area (Å²) in [6, 6.07) is 3.42. The number of nitrogens with zero attached hydrogens (tertiary/aromatic N) is 2. The van der Waals surface area contributed by atoms with Crippen LogP contribution in [0.2, 0.25) is 0 Å². The number of benzene rings is 1. The number of rotatable bonds is 2. The summed E-state index contributed by atoms with van der Waals surface area (Å²) >= 11 is 0. The molecule has 1 aromatic carbocycles. The highest BCUT2D eigenvalue weighted by Crippen LogP contribution is 2.34. The standard InChI is InChI=1S/C18H26F3N3O2.C2H6/c1-12(13-9-14(18(19,20)21)11-15(22)10-13)23-5-7-24(8-6-23)16(25)26-17(2,3)4;1-2/h9-12H,5-8,22H2,1-4H3;1-2H3. The molecule has 1 aliphatic heterocycles. The number of anilines is 1. The van der Waals surface area contributed by atoms with E-state index in [0.717, 1.165) is 12.1 Å². The third-order valence-corrected chi connectivity index (χ3v) is 4.30. The Morgan fingerprint density at radius 1 is 1.07 bits per heavy atom. The number of carbonyl (C=O) groups is 1. The maximum Gasteiger partial charge on any atom is 0.416 e. The number of hydrogen-bond acceptors (Lipinski definition) is 4. The molecule has 1 aromatic rings. The van der Waals surface area contributed by atoms with E-state index >= 15 is 0 Å². The average molecular weight is 403 g/mol. The van der Waals surface area contributed by atoms with Crippen molar-refractivity contribution in [3.05, 3.63) is 29.3 Å². The molecule has 0 saturated carbocycles. The highest BCUT2D eigenvalue weighted by atomic mass is 19.4. The Hall–Kier alpha value is -1.96. The first-order valence-electron chi connectivity index (χ1n) is 9.56. The Balaban J connectivity index is 0.00000190. The van der Waals surface area contributed by atoms with Gasteiger partial charge in [-0.2, -0.15) is 13.2 Å². The van der Waals surface area contributed by atoms with Gasteiger partial charge in [0.05, 0.1) is 5.56 Å². The fourth-order valence-electron chi connectivity index (χ4n) is 2.91. The summed E-state index contributed by atoms with van der Waals surface area (Å²) in [5.74, 6) is 0. The van der Waals surface area contributed by atoms with Gasteiger partial charge in [-0.3, -0.25) is 4.90 Å². The van der Waals surface area contributed by atoms with Crippen LogP contribution in [0.5, 0.6) is 0 Å². The lowest BCUT2D eigenvalue weighted by Gasteiger charge is -2.38. The van der Waals surface area contributed by atoms with Gasteiger partial charge in [0.25, 0.3) is 0 Å². The third-order valence-electron chi connectivity index (χ3n) is 4.30. The summed E-state index contributed by atoms with van der Waals surface area (Å²) in [4.78, 5) is 15.8. The number of nitrogens with two attached hydrogens (primary N) is 1. The molecule has 0 aliphatic carbocycles. The number of amides is 1. The van der Waals surface area contributed by atoms with Gasteiger partial charge in [-0.25, -0.2) is 4.79 Å². The minimum absolute atomic E-state index is 0.0917. The zero-order chi connectivity index (χ0) is 21.7. The number of hydrogen-bond donors (Lipinski definition) is 1. The first-order valence-corrected chi connectivity index (χ1v) is 9.56. The van der Waals surface area contributed by atoms with E-state index in [1.807, 2.05) is 25.7 Å². The van der Waals surface area contributed by atoms with Gasteiger partial charge in [-0.05, 0) is 51.5 Å². The largest absolute Gasteiger partial charge is 0.444 e. The molecule has 5 nitrogen and oxygen atoms in total. The van der Waals surface area contributed by atoms with Crippen molar-refractivity contribution < 1.29 is 22.7 Å². The number of piperazine rings is 1. The van der Waals surface area contributed by atoms with Gasteiger partial charge in [0.2, 0.25) is 0 Å². The highest BCUT2D eigenvalue weighted by molar-refractivity contribution is 5.68. The Labute approximate surface area is 165 Å². The van der Waals surface area contributed by atoms with Crippen molar-refractivity contribution in [1.82, 2.24) is 9.80 Å². The summed E-state index contributed by atoms with van der Waals surface area (Å²) in [7, 11) is 0. The van der Waals surface area contributed by atoms with Gasteiger partial charge in [0.15, 0.2) is 0 Å². The Morgan fingerprint density at radius 3 is 2.07 bits per heavy atom. The lowest BCUT2D eigenvalue weighted by Crippen LogP contribution is -2.50. The van der Waals surface area contributed by atoms with E-state index < -0.39 is 17.3 Å². The first kappa shape index (κ1) is 24.1. The molecule has 0 spiro atoms. The van der Waals surface area contributed by atoms with Crippen LogP contribution in [0.15, 0.2) is 18.2 Å². The van der Waals surface area contributed by atoms with Crippen molar-refractivity contribution in [3.63, 3.8) is 0 Å². The highest BCUT2D eigenvalue weighted by Gasteiger charge is 2.33. The summed E-state index contributed by atoms with van der Waals surface area (Å²) in [5, 5.41) is 0. The molecule has 8 heteroatoms. The van der Waals surface area contributed by atoms with E-state index in [2.05, 4.69) is 0 Å². The van der Waals surface area contributed by atoms with E-state index in [-0.39, 0.29) is 17.8 Å². The van der Waals surface area contributed by atoms with Crippen molar-refractivity contribution in [2.75, 3.05) is 31.9 Å². The second kappa shape index (κ2) is 9.49. The van der Waals surface area contributed by atoms with Crippen molar-refractivity contribution in [3.8, 4) is 0 Å². The molecule has 1 heterocycles. The molecular weight excluding hydrogens is 371 g/mol. The second-order valence-corrected chi connectivity index (χ2v) is 7.57. The van der Waals surface area contributed by atoms with Gasteiger partial charge < -0.3 is 15.4 Å². The SMILES string of the molecule is CC.CC(c1cc(N)cc(C(F)(F)F)c1)N1CCN(C(=O)OC(C)(C)C)CC1. The van der Waals surface area contributed by atoms with E-state index in [0.29, 0.717) is 31.7 Å². The van der Waals surface area contributed by atoms with E-state index in [4.69, 9.17) is 10.5 Å². The lowest BCUT2D eigenvalue weighted by molar-refractivity contribution is -0.137. The van der Waals surface area contributed by atoms with Gasteiger partial charge >= 0.3 is 12.3 Å².